The Hall–Kier alpha value is -1.98. The molecule has 2 aliphatic rings. The molecule has 0 radical (unpaired) electrons. The normalized spacial score (nSPS) is 23.5. The van der Waals surface area contributed by atoms with Gasteiger partial charge in [0.1, 0.15) is 11.9 Å². The first kappa shape index (κ1) is 15.9. The van der Waals surface area contributed by atoms with E-state index in [0.29, 0.717) is 12.2 Å². The number of ketones is 1. The van der Waals surface area contributed by atoms with E-state index in [0.717, 1.165) is 30.5 Å². The zero-order valence-electron chi connectivity index (χ0n) is 13.1. The van der Waals surface area contributed by atoms with Crippen molar-refractivity contribution in [3.05, 3.63) is 17.0 Å². The summed E-state index contributed by atoms with van der Waals surface area (Å²) in [6.45, 7) is 2.03. The fourth-order valence-electron chi connectivity index (χ4n) is 3.40. The zero-order valence-corrected chi connectivity index (χ0v) is 13.1. The van der Waals surface area contributed by atoms with Crippen molar-refractivity contribution in [2.75, 3.05) is 13.1 Å². The zero-order chi connectivity index (χ0) is 16.6. The maximum atomic E-state index is 13.8. The highest BCUT2D eigenvalue weighted by molar-refractivity contribution is 5.86. The van der Waals surface area contributed by atoms with Gasteiger partial charge in [0.2, 0.25) is 0 Å². The molecule has 1 aromatic heterocycles. The Kier molecular flexibility index (Phi) is 4.33. The molecule has 1 fully saturated rings. The minimum Gasteiger partial charge on any atom is -0.390 e. The van der Waals surface area contributed by atoms with Crippen molar-refractivity contribution >= 4 is 17.4 Å². The van der Waals surface area contributed by atoms with Crippen LogP contribution in [0.25, 0.3) is 5.70 Å². The quantitative estimate of drug-likeness (QED) is 0.819. The number of carbonyl (C=O) groups is 1. The van der Waals surface area contributed by atoms with Crippen molar-refractivity contribution in [2.45, 2.75) is 51.4 Å². The topological polar surface area (TPSA) is 75.4 Å². The van der Waals surface area contributed by atoms with Gasteiger partial charge in [-0.2, -0.15) is 5.10 Å². The highest BCUT2D eigenvalue weighted by atomic mass is 19.1. The number of alkyl halides is 1. The summed E-state index contributed by atoms with van der Waals surface area (Å²) in [5, 5.41) is 13.9. The van der Waals surface area contributed by atoms with Gasteiger partial charge in [-0.15, -0.1) is 0 Å². The fourth-order valence-corrected chi connectivity index (χ4v) is 3.40. The van der Waals surface area contributed by atoms with E-state index in [1.807, 2.05) is 5.94 Å². The van der Waals surface area contributed by atoms with Gasteiger partial charge in [0.05, 0.1) is 19.2 Å². The van der Waals surface area contributed by atoms with Crippen LogP contribution in [0.15, 0.2) is 0 Å². The van der Waals surface area contributed by atoms with E-state index in [2.05, 4.69) is 5.10 Å². The van der Waals surface area contributed by atoms with Gasteiger partial charge in [-0.1, -0.05) is 0 Å². The Balaban J connectivity index is 1.94. The van der Waals surface area contributed by atoms with Crippen molar-refractivity contribution < 1.29 is 19.1 Å². The van der Waals surface area contributed by atoms with E-state index in [4.69, 9.17) is 0 Å². The first-order chi connectivity index (χ1) is 11.0. The van der Waals surface area contributed by atoms with Gasteiger partial charge in [-0.05, 0) is 32.6 Å². The molecular formula is C16H20FN3O3. The monoisotopic (exact) mass is 321 g/mol. The van der Waals surface area contributed by atoms with Crippen LogP contribution in [0.1, 0.15) is 36.7 Å². The van der Waals surface area contributed by atoms with Crippen molar-refractivity contribution in [2.24, 2.45) is 0 Å². The number of rotatable bonds is 4. The molecule has 2 atom stereocenters. The number of aromatic nitrogens is 2. The van der Waals surface area contributed by atoms with Gasteiger partial charge < -0.3 is 10.0 Å². The van der Waals surface area contributed by atoms with Crippen molar-refractivity contribution in [3.63, 3.8) is 0 Å². The molecular weight excluding hydrogens is 301 g/mol. The molecule has 2 unspecified atom stereocenters. The second kappa shape index (κ2) is 6.26. The van der Waals surface area contributed by atoms with Gasteiger partial charge in [0, 0.05) is 17.8 Å². The van der Waals surface area contributed by atoms with Crippen LogP contribution in [0.4, 0.5) is 4.39 Å². The van der Waals surface area contributed by atoms with E-state index in [9.17, 15) is 19.1 Å². The molecule has 6 nitrogen and oxygen atoms in total. The minimum absolute atomic E-state index is 0.00435. The Morgan fingerprint density at radius 1 is 1.48 bits per heavy atom. The largest absolute Gasteiger partial charge is 0.390 e. The molecule has 124 valence electrons. The molecule has 0 amide bonds. The number of aliphatic hydroxyl groups is 1. The molecule has 1 aliphatic carbocycles. The third kappa shape index (κ3) is 2.94. The number of halogens is 1. The smallest absolute Gasteiger partial charge is 0.152 e. The second-order valence-electron chi connectivity index (χ2n) is 6.26. The van der Waals surface area contributed by atoms with Gasteiger partial charge in [0.15, 0.2) is 17.4 Å². The summed E-state index contributed by atoms with van der Waals surface area (Å²) in [6, 6.07) is 0. The molecule has 3 rings (SSSR count). The number of carbonyl (C=O) groups excluding carboxylic acids is 2. The molecule has 1 aliphatic heterocycles. The van der Waals surface area contributed by atoms with Crippen LogP contribution in [0.5, 0.6) is 0 Å². The second-order valence-corrected chi connectivity index (χ2v) is 6.26. The van der Waals surface area contributed by atoms with Crippen molar-refractivity contribution in [1.29, 1.82) is 0 Å². The maximum absolute atomic E-state index is 13.8. The van der Waals surface area contributed by atoms with E-state index < -0.39 is 12.3 Å². The number of aliphatic hydroxyl groups excluding tert-OH is 1. The SMILES string of the molecule is CC(=O)Cn1nc(C(=C=O)N2CCC(O)C(F)C2)c2c1CCC2. The number of Topliss-reactive ketones (excluding diaryl/α,β-unsaturated/α-hetero) is 1. The average Bonchev–Trinajstić information content (AvgIpc) is 3.08. The van der Waals surface area contributed by atoms with Gasteiger partial charge in [-0.3, -0.25) is 9.48 Å². The minimum atomic E-state index is -1.39. The van der Waals surface area contributed by atoms with Gasteiger partial charge in [-0.25, -0.2) is 9.18 Å². The van der Waals surface area contributed by atoms with E-state index in [-0.39, 0.29) is 31.0 Å². The van der Waals surface area contributed by atoms with Crippen molar-refractivity contribution in [3.8, 4) is 0 Å². The van der Waals surface area contributed by atoms with Crippen LogP contribution >= 0.6 is 0 Å². The van der Waals surface area contributed by atoms with Crippen molar-refractivity contribution in [1.82, 2.24) is 14.7 Å². The summed E-state index contributed by atoms with van der Waals surface area (Å²) in [6.07, 6.45) is 0.465. The lowest BCUT2D eigenvalue weighted by atomic mass is 10.0. The molecule has 1 N–H and O–H groups in total. The van der Waals surface area contributed by atoms with Gasteiger partial charge in [0.25, 0.3) is 0 Å². The number of piperidine rings is 1. The van der Waals surface area contributed by atoms with Crippen LogP contribution in [-0.2, 0) is 29.0 Å². The third-order valence-corrected chi connectivity index (χ3v) is 4.52. The number of nitrogens with zero attached hydrogens (tertiary/aromatic N) is 3. The summed E-state index contributed by atoms with van der Waals surface area (Å²) in [4.78, 5) is 24.5. The predicted molar refractivity (Wildman–Crippen MR) is 81.1 cm³/mol. The molecule has 0 bridgehead atoms. The summed E-state index contributed by atoms with van der Waals surface area (Å²) in [5.74, 6) is 1.90. The molecule has 0 saturated carbocycles. The Morgan fingerprint density at radius 2 is 2.26 bits per heavy atom. The fraction of sp³-hybridized carbons (Fsp3) is 0.625. The lowest BCUT2D eigenvalue weighted by Crippen LogP contribution is -2.43. The number of hydrogen-bond donors (Lipinski definition) is 1. The summed E-state index contributed by atoms with van der Waals surface area (Å²) in [7, 11) is 0. The molecule has 0 aromatic carbocycles. The molecule has 1 aromatic rings. The Bertz CT molecular complexity index is 678. The van der Waals surface area contributed by atoms with E-state index in [1.54, 1.807) is 9.58 Å². The summed E-state index contributed by atoms with van der Waals surface area (Å²) in [5.41, 5.74) is 2.69. The number of likely N-dealkylation sites (tertiary alicyclic amines) is 1. The number of fused-ring (bicyclic) bond motifs is 1. The lowest BCUT2D eigenvalue weighted by Gasteiger charge is -2.33. The average molecular weight is 321 g/mol. The molecule has 0 spiro atoms. The van der Waals surface area contributed by atoms with Gasteiger partial charge >= 0.3 is 0 Å². The molecule has 7 heteroatoms. The summed E-state index contributed by atoms with van der Waals surface area (Å²) >= 11 is 0. The van der Waals surface area contributed by atoms with Crippen LogP contribution in [0.3, 0.4) is 0 Å². The standard InChI is InChI=1S/C16H20FN3O3/c1-10(22)7-20-13-4-2-3-11(13)16(18-20)14(9-21)19-6-5-15(23)12(17)8-19/h12,15,23H,2-8H2,1H3. The highest BCUT2D eigenvalue weighted by Gasteiger charge is 2.33. The van der Waals surface area contributed by atoms with Crippen LogP contribution in [0, 0.1) is 0 Å². The van der Waals surface area contributed by atoms with E-state index >= 15 is 0 Å². The summed E-state index contributed by atoms with van der Waals surface area (Å²) < 4.78 is 15.4. The first-order valence-corrected chi connectivity index (χ1v) is 7.91. The maximum Gasteiger partial charge on any atom is 0.152 e. The van der Waals surface area contributed by atoms with E-state index in [1.165, 1.54) is 6.92 Å². The number of hydrogen-bond acceptors (Lipinski definition) is 5. The molecule has 2 heterocycles. The third-order valence-electron chi connectivity index (χ3n) is 4.52. The van der Waals surface area contributed by atoms with Crippen LogP contribution in [0.2, 0.25) is 0 Å². The first-order valence-electron chi connectivity index (χ1n) is 7.91. The van der Waals surface area contributed by atoms with Crippen LogP contribution < -0.4 is 0 Å². The Morgan fingerprint density at radius 3 is 2.91 bits per heavy atom. The molecule has 1 saturated heterocycles. The Labute approximate surface area is 133 Å². The molecule has 23 heavy (non-hydrogen) atoms. The highest BCUT2D eigenvalue weighted by Crippen LogP contribution is 2.31. The lowest BCUT2D eigenvalue weighted by molar-refractivity contribution is -0.117. The predicted octanol–water partition coefficient (Wildman–Crippen LogP) is 0.538. The van der Waals surface area contributed by atoms with Crippen LogP contribution in [-0.4, -0.2) is 56.9 Å².